The zero-order valence-electron chi connectivity index (χ0n) is 10.8. The molecule has 4 N–H and O–H groups in total. The molecule has 7 nitrogen and oxygen atoms in total. The molecule has 0 fully saturated rings. The zero-order valence-corrected chi connectivity index (χ0v) is 13.9. The normalized spacial score (nSPS) is 10.3. The average molecular weight is 394 g/mol. The van der Waals surface area contributed by atoms with Crippen molar-refractivity contribution in [2.24, 2.45) is 5.84 Å². The van der Waals surface area contributed by atoms with Gasteiger partial charge in [0.25, 0.3) is 0 Å². The fraction of sp³-hybridized carbons (Fsp3) is 0.182. The summed E-state index contributed by atoms with van der Waals surface area (Å²) in [6.45, 7) is 2.23. The number of nitrogens with two attached hydrogens (primary N) is 1. The largest absolute Gasteiger partial charge is 0.464 e. The number of hydrogen-bond donors (Lipinski definition) is 3. The number of anilines is 3. The Morgan fingerprint density at radius 2 is 1.90 bits per heavy atom. The Balaban J connectivity index is 2.34. The highest BCUT2D eigenvalue weighted by molar-refractivity contribution is 9.10. The Morgan fingerprint density at radius 3 is 2.57 bits per heavy atom. The van der Waals surface area contributed by atoms with Crippen molar-refractivity contribution in [3.05, 3.63) is 26.7 Å². The molecule has 0 radical (unpaired) electrons. The summed E-state index contributed by atoms with van der Waals surface area (Å²) >= 11 is 15.5. The van der Waals surface area contributed by atoms with Crippen molar-refractivity contribution in [3.63, 3.8) is 0 Å². The van der Waals surface area contributed by atoms with Gasteiger partial charge >= 0.3 is 6.01 Å². The molecule has 2 rings (SSSR count). The fourth-order valence-corrected chi connectivity index (χ4v) is 2.23. The van der Waals surface area contributed by atoms with Crippen molar-refractivity contribution in [3.8, 4) is 6.01 Å². The Kier molecular flexibility index (Phi) is 5.40. The second-order valence-electron chi connectivity index (χ2n) is 3.69. The third-order valence-corrected chi connectivity index (χ3v) is 4.07. The predicted molar refractivity (Wildman–Crippen MR) is 86.3 cm³/mol. The third-order valence-electron chi connectivity index (χ3n) is 2.30. The monoisotopic (exact) mass is 392 g/mol. The van der Waals surface area contributed by atoms with Crippen molar-refractivity contribution < 1.29 is 4.74 Å². The topological polar surface area (TPSA) is 98.0 Å². The standard InChI is InChI=1S/C11H11BrCl2N6O/c1-2-21-11-18-9(17-10(19-11)20-15)16-6-4-3-5(12)7(13)8(6)14/h3-4H,2,15H2,1H3,(H2,16,17,18,19,20). The Bertz CT molecular complexity index is 657. The van der Waals surface area contributed by atoms with Crippen LogP contribution in [-0.4, -0.2) is 21.6 Å². The molecule has 1 aromatic carbocycles. The lowest BCUT2D eigenvalue weighted by atomic mass is 10.3. The van der Waals surface area contributed by atoms with E-state index in [1.807, 2.05) is 6.92 Å². The van der Waals surface area contributed by atoms with Crippen LogP contribution in [-0.2, 0) is 0 Å². The number of aromatic nitrogens is 3. The van der Waals surface area contributed by atoms with Gasteiger partial charge in [-0.15, -0.1) is 0 Å². The number of rotatable bonds is 5. The molecule has 21 heavy (non-hydrogen) atoms. The summed E-state index contributed by atoms with van der Waals surface area (Å²) in [7, 11) is 0. The Hall–Kier alpha value is -1.35. The molecular formula is C11H11BrCl2N6O. The fourth-order valence-electron chi connectivity index (χ4n) is 1.41. The number of hydrogen-bond acceptors (Lipinski definition) is 7. The smallest absolute Gasteiger partial charge is 0.323 e. The number of nitrogen functional groups attached to an aromatic ring is 1. The van der Waals surface area contributed by atoms with Crippen molar-refractivity contribution in [2.75, 3.05) is 17.3 Å². The Morgan fingerprint density at radius 1 is 1.19 bits per heavy atom. The van der Waals surface area contributed by atoms with Crippen molar-refractivity contribution in [2.45, 2.75) is 6.92 Å². The van der Waals surface area contributed by atoms with Gasteiger partial charge in [-0.2, -0.15) is 15.0 Å². The highest BCUT2D eigenvalue weighted by Crippen LogP contribution is 2.36. The molecule has 2 aromatic rings. The minimum Gasteiger partial charge on any atom is -0.464 e. The maximum Gasteiger partial charge on any atom is 0.323 e. The third kappa shape index (κ3) is 3.85. The molecule has 0 saturated carbocycles. The van der Waals surface area contributed by atoms with Crippen LogP contribution >= 0.6 is 39.1 Å². The van der Waals surface area contributed by atoms with Gasteiger partial charge in [0.1, 0.15) is 0 Å². The maximum absolute atomic E-state index is 6.16. The van der Waals surface area contributed by atoms with Crippen LogP contribution in [0.25, 0.3) is 0 Å². The predicted octanol–water partition coefficient (Wildman–Crippen LogP) is 3.37. The second-order valence-corrected chi connectivity index (χ2v) is 5.30. The molecule has 1 heterocycles. The number of hydrazine groups is 1. The summed E-state index contributed by atoms with van der Waals surface area (Å²) in [5, 5.41) is 3.67. The number of nitrogens with zero attached hydrogens (tertiary/aromatic N) is 3. The number of ether oxygens (including phenoxy) is 1. The van der Waals surface area contributed by atoms with Crippen LogP contribution in [0.3, 0.4) is 0 Å². The van der Waals surface area contributed by atoms with Crippen LogP contribution in [0.2, 0.25) is 10.0 Å². The number of halogens is 3. The molecular weight excluding hydrogens is 383 g/mol. The lowest BCUT2D eigenvalue weighted by Gasteiger charge is -2.11. The van der Waals surface area contributed by atoms with Gasteiger partial charge in [0, 0.05) is 4.47 Å². The van der Waals surface area contributed by atoms with E-state index in [1.165, 1.54) is 0 Å². The number of nitrogens with one attached hydrogen (secondary N) is 2. The second kappa shape index (κ2) is 7.08. The van der Waals surface area contributed by atoms with E-state index in [1.54, 1.807) is 12.1 Å². The van der Waals surface area contributed by atoms with Crippen LogP contribution in [0.15, 0.2) is 16.6 Å². The minimum absolute atomic E-state index is 0.141. The first-order valence-electron chi connectivity index (χ1n) is 5.81. The highest BCUT2D eigenvalue weighted by atomic mass is 79.9. The maximum atomic E-state index is 6.16. The quantitative estimate of drug-likeness (QED) is 0.407. The molecule has 0 atom stereocenters. The van der Waals surface area contributed by atoms with Gasteiger partial charge in [-0.05, 0) is 35.0 Å². The highest BCUT2D eigenvalue weighted by Gasteiger charge is 2.12. The molecule has 0 spiro atoms. The van der Waals surface area contributed by atoms with Crippen LogP contribution < -0.4 is 21.3 Å². The van der Waals surface area contributed by atoms with E-state index in [4.69, 9.17) is 33.8 Å². The molecule has 0 amide bonds. The van der Waals surface area contributed by atoms with Gasteiger partial charge in [-0.1, -0.05) is 23.2 Å². The first kappa shape index (κ1) is 16.0. The lowest BCUT2D eigenvalue weighted by Crippen LogP contribution is -2.13. The zero-order chi connectivity index (χ0) is 15.4. The van der Waals surface area contributed by atoms with E-state index < -0.39 is 0 Å². The molecule has 0 aliphatic carbocycles. The first-order valence-corrected chi connectivity index (χ1v) is 7.36. The van der Waals surface area contributed by atoms with Crippen molar-refractivity contribution in [1.82, 2.24) is 15.0 Å². The van der Waals surface area contributed by atoms with Gasteiger partial charge in [0.05, 0.1) is 22.3 Å². The molecule has 1 aromatic heterocycles. The van der Waals surface area contributed by atoms with Gasteiger partial charge in [0.15, 0.2) is 0 Å². The summed E-state index contributed by atoms with van der Waals surface area (Å²) in [6.07, 6.45) is 0. The summed E-state index contributed by atoms with van der Waals surface area (Å²) in [5.41, 5.74) is 2.88. The molecule has 10 heteroatoms. The molecule has 112 valence electrons. The van der Waals surface area contributed by atoms with E-state index in [-0.39, 0.29) is 17.9 Å². The lowest BCUT2D eigenvalue weighted by molar-refractivity contribution is 0.312. The molecule has 0 aliphatic rings. The van der Waals surface area contributed by atoms with Gasteiger partial charge in [-0.25, -0.2) is 5.84 Å². The summed E-state index contributed by atoms with van der Waals surface area (Å²) < 4.78 is 5.92. The van der Waals surface area contributed by atoms with E-state index in [0.29, 0.717) is 26.8 Å². The molecule has 0 saturated heterocycles. The van der Waals surface area contributed by atoms with E-state index in [2.05, 4.69) is 41.6 Å². The van der Waals surface area contributed by atoms with E-state index >= 15 is 0 Å². The molecule has 0 bridgehead atoms. The van der Waals surface area contributed by atoms with Gasteiger partial charge in [-0.3, -0.25) is 5.43 Å². The first-order chi connectivity index (χ1) is 10.0. The minimum atomic E-state index is 0.141. The number of benzene rings is 1. The van der Waals surface area contributed by atoms with Crippen LogP contribution in [0, 0.1) is 0 Å². The van der Waals surface area contributed by atoms with E-state index in [0.717, 1.165) is 0 Å². The van der Waals surface area contributed by atoms with Gasteiger partial charge < -0.3 is 10.1 Å². The summed E-state index contributed by atoms with van der Waals surface area (Å²) in [5.74, 6) is 5.70. The average Bonchev–Trinajstić information content (AvgIpc) is 2.48. The molecule has 0 aliphatic heterocycles. The van der Waals surface area contributed by atoms with E-state index in [9.17, 15) is 0 Å². The van der Waals surface area contributed by atoms with Crippen molar-refractivity contribution in [1.29, 1.82) is 0 Å². The van der Waals surface area contributed by atoms with Crippen molar-refractivity contribution >= 4 is 56.7 Å². The van der Waals surface area contributed by atoms with Crippen LogP contribution in [0.1, 0.15) is 6.92 Å². The summed E-state index contributed by atoms with van der Waals surface area (Å²) in [4.78, 5) is 12.1. The molecule has 0 unspecified atom stereocenters. The van der Waals surface area contributed by atoms with Crippen LogP contribution in [0.5, 0.6) is 6.01 Å². The summed E-state index contributed by atoms with van der Waals surface area (Å²) in [6, 6.07) is 3.63. The Labute approximate surface area is 139 Å². The SMILES string of the molecule is CCOc1nc(NN)nc(Nc2ccc(Br)c(Cl)c2Cl)n1. The van der Waals surface area contributed by atoms with Gasteiger partial charge in [0.2, 0.25) is 11.9 Å². The van der Waals surface area contributed by atoms with Crippen LogP contribution in [0.4, 0.5) is 17.6 Å².